The number of aryl methyl sites for hydroxylation is 1. The van der Waals surface area contributed by atoms with E-state index in [-0.39, 0.29) is 11.7 Å². The van der Waals surface area contributed by atoms with Crippen LogP contribution in [-0.2, 0) is 16.1 Å². The molecule has 1 N–H and O–H groups in total. The largest absolute Gasteiger partial charge is 0.487 e. The smallest absolute Gasteiger partial charge is 0.248 e. The van der Waals surface area contributed by atoms with Crippen LogP contribution in [0.3, 0.4) is 0 Å². The van der Waals surface area contributed by atoms with Crippen molar-refractivity contribution in [3.63, 3.8) is 0 Å². The van der Waals surface area contributed by atoms with Crippen molar-refractivity contribution in [2.24, 2.45) is 0 Å². The van der Waals surface area contributed by atoms with Crippen LogP contribution in [0.4, 0.5) is 15.8 Å². The molecule has 0 radical (unpaired) electrons. The lowest BCUT2D eigenvalue weighted by atomic mass is 10.2. The van der Waals surface area contributed by atoms with E-state index in [2.05, 4.69) is 10.3 Å². The molecular formula is C24H24FN3O3S. The summed E-state index contributed by atoms with van der Waals surface area (Å²) in [6.07, 6.45) is 3.10. The number of hydrogen-bond donors (Lipinski definition) is 1. The number of amides is 1. The van der Waals surface area contributed by atoms with Gasteiger partial charge < -0.3 is 19.7 Å². The fourth-order valence-corrected chi connectivity index (χ4v) is 3.94. The van der Waals surface area contributed by atoms with Gasteiger partial charge in [-0.2, -0.15) is 0 Å². The first-order valence-electron chi connectivity index (χ1n) is 10.3. The van der Waals surface area contributed by atoms with E-state index >= 15 is 0 Å². The van der Waals surface area contributed by atoms with E-state index in [0.29, 0.717) is 50.0 Å². The lowest BCUT2D eigenvalue weighted by molar-refractivity contribution is -0.111. The van der Waals surface area contributed by atoms with Gasteiger partial charge in [0.2, 0.25) is 5.91 Å². The summed E-state index contributed by atoms with van der Waals surface area (Å²) in [6.45, 7) is 4.82. The van der Waals surface area contributed by atoms with Gasteiger partial charge in [-0.3, -0.25) is 4.79 Å². The molecular weight excluding hydrogens is 429 g/mol. The topological polar surface area (TPSA) is 63.7 Å². The number of hydrogen-bond acceptors (Lipinski definition) is 6. The number of carbonyl (C=O) groups is 1. The summed E-state index contributed by atoms with van der Waals surface area (Å²) in [5, 5.41) is 5.67. The van der Waals surface area contributed by atoms with Crippen molar-refractivity contribution in [1.82, 2.24) is 4.98 Å². The lowest BCUT2D eigenvalue weighted by Gasteiger charge is -2.29. The van der Waals surface area contributed by atoms with E-state index in [1.54, 1.807) is 29.5 Å². The normalized spacial score (nSPS) is 14.0. The SMILES string of the molecule is Cc1nc(COc2cccc(/C=C/C(=O)Nc3ccc(N4CCOCC4)c(F)c3)c2)cs1. The van der Waals surface area contributed by atoms with Crippen LogP contribution in [0.2, 0.25) is 0 Å². The van der Waals surface area contributed by atoms with E-state index in [4.69, 9.17) is 9.47 Å². The van der Waals surface area contributed by atoms with Gasteiger partial charge in [0.25, 0.3) is 0 Å². The summed E-state index contributed by atoms with van der Waals surface area (Å²) in [6, 6.07) is 12.2. The molecule has 1 aliphatic heterocycles. The Hall–Kier alpha value is -3.23. The highest BCUT2D eigenvalue weighted by Crippen LogP contribution is 2.24. The average Bonchev–Trinajstić information content (AvgIpc) is 3.22. The highest BCUT2D eigenvalue weighted by Gasteiger charge is 2.15. The second-order valence-corrected chi connectivity index (χ2v) is 8.37. The molecule has 166 valence electrons. The van der Waals surface area contributed by atoms with Crippen molar-refractivity contribution < 1.29 is 18.7 Å². The van der Waals surface area contributed by atoms with Crippen LogP contribution in [0.15, 0.2) is 53.9 Å². The molecule has 1 aliphatic rings. The zero-order valence-electron chi connectivity index (χ0n) is 17.7. The van der Waals surface area contributed by atoms with Gasteiger partial charge >= 0.3 is 0 Å². The molecule has 32 heavy (non-hydrogen) atoms. The predicted octanol–water partition coefficient (Wildman–Crippen LogP) is 4.66. The Morgan fingerprint density at radius 1 is 1.28 bits per heavy atom. The highest BCUT2D eigenvalue weighted by atomic mass is 32.1. The average molecular weight is 454 g/mol. The fourth-order valence-electron chi connectivity index (χ4n) is 3.34. The molecule has 1 fully saturated rings. The van der Waals surface area contributed by atoms with Crippen molar-refractivity contribution in [3.05, 3.63) is 76.0 Å². The van der Waals surface area contributed by atoms with Gasteiger partial charge in [-0.05, 0) is 48.9 Å². The van der Waals surface area contributed by atoms with Gasteiger partial charge in [0.05, 0.1) is 29.6 Å². The Kier molecular flexibility index (Phi) is 7.14. The molecule has 8 heteroatoms. The number of benzene rings is 2. The Bertz CT molecular complexity index is 1110. The third-order valence-electron chi connectivity index (χ3n) is 4.91. The number of nitrogens with one attached hydrogen (secondary N) is 1. The lowest BCUT2D eigenvalue weighted by Crippen LogP contribution is -2.36. The van der Waals surface area contributed by atoms with E-state index in [1.165, 1.54) is 12.1 Å². The third kappa shape index (κ3) is 5.93. The van der Waals surface area contributed by atoms with Crippen LogP contribution in [-0.4, -0.2) is 37.2 Å². The minimum atomic E-state index is -0.367. The summed E-state index contributed by atoms with van der Waals surface area (Å²) in [5.41, 5.74) is 2.64. The summed E-state index contributed by atoms with van der Waals surface area (Å²) >= 11 is 1.59. The Labute approximate surface area is 190 Å². The molecule has 2 aromatic carbocycles. The number of halogens is 1. The highest BCUT2D eigenvalue weighted by molar-refractivity contribution is 7.09. The molecule has 6 nitrogen and oxygen atoms in total. The summed E-state index contributed by atoms with van der Waals surface area (Å²) in [4.78, 5) is 18.6. The van der Waals surface area contributed by atoms with Crippen LogP contribution < -0.4 is 15.0 Å². The van der Waals surface area contributed by atoms with Crippen LogP contribution in [0.25, 0.3) is 6.08 Å². The molecule has 0 spiro atoms. The standard InChI is InChI=1S/C24H24FN3O3S/c1-17-26-20(16-32-17)15-31-21-4-2-3-18(13-21)5-8-24(29)27-19-6-7-23(22(25)14-19)28-9-11-30-12-10-28/h2-8,13-14,16H,9-12,15H2,1H3,(H,27,29)/b8-5+. The van der Waals surface area contributed by atoms with Crippen molar-refractivity contribution in [2.45, 2.75) is 13.5 Å². The maximum absolute atomic E-state index is 14.5. The maximum atomic E-state index is 14.5. The molecule has 0 bridgehead atoms. The maximum Gasteiger partial charge on any atom is 0.248 e. The van der Waals surface area contributed by atoms with Crippen LogP contribution >= 0.6 is 11.3 Å². The molecule has 1 aromatic heterocycles. The minimum Gasteiger partial charge on any atom is -0.487 e. The van der Waals surface area contributed by atoms with Gasteiger partial charge in [-0.15, -0.1) is 11.3 Å². The number of rotatable bonds is 7. The zero-order valence-corrected chi connectivity index (χ0v) is 18.5. The molecule has 1 saturated heterocycles. The van der Waals surface area contributed by atoms with Crippen LogP contribution in [0, 0.1) is 12.7 Å². The van der Waals surface area contributed by atoms with Gasteiger partial charge in [0.15, 0.2) is 0 Å². The monoisotopic (exact) mass is 453 g/mol. The van der Waals surface area contributed by atoms with E-state index in [1.807, 2.05) is 41.5 Å². The summed E-state index contributed by atoms with van der Waals surface area (Å²) < 4.78 is 25.6. The number of aromatic nitrogens is 1. The molecule has 0 saturated carbocycles. The molecule has 0 unspecified atom stereocenters. The number of morpholine rings is 1. The second kappa shape index (κ2) is 10.4. The third-order valence-corrected chi connectivity index (χ3v) is 5.73. The van der Waals surface area contributed by atoms with Gasteiger partial charge in [0, 0.05) is 30.2 Å². The first-order chi connectivity index (χ1) is 15.6. The number of anilines is 2. The Balaban J connectivity index is 1.33. The van der Waals surface area contributed by atoms with E-state index in [0.717, 1.165) is 16.3 Å². The van der Waals surface area contributed by atoms with E-state index < -0.39 is 0 Å². The van der Waals surface area contributed by atoms with Gasteiger partial charge in [-0.1, -0.05) is 12.1 Å². The number of carbonyl (C=O) groups excluding carboxylic acids is 1. The predicted molar refractivity (Wildman–Crippen MR) is 125 cm³/mol. The van der Waals surface area contributed by atoms with Crippen molar-refractivity contribution in [3.8, 4) is 5.75 Å². The Morgan fingerprint density at radius 2 is 2.12 bits per heavy atom. The van der Waals surface area contributed by atoms with Crippen molar-refractivity contribution >= 4 is 34.7 Å². The number of ether oxygens (including phenoxy) is 2. The molecule has 0 atom stereocenters. The zero-order chi connectivity index (χ0) is 22.3. The molecule has 3 aromatic rings. The summed E-state index contributed by atoms with van der Waals surface area (Å²) in [5.74, 6) is -0.0133. The van der Waals surface area contributed by atoms with E-state index in [9.17, 15) is 9.18 Å². The van der Waals surface area contributed by atoms with Crippen molar-refractivity contribution in [2.75, 3.05) is 36.5 Å². The quantitative estimate of drug-likeness (QED) is 0.527. The molecule has 2 heterocycles. The Morgan fingerprint density at radius 3 is 2.88 bits per heavy atom. The van der Waals surface area contributed by atoms with Crippen LogP contribution in [0.1, 0.15) is 16.3 Å². The number of thiazole rings is 1. The second-order valence-electron chi connectivity index (χ2n) is 7.31. The summed E-state index contributed by atoms with van der Waals surface area (Å²) in [7, 11) is 0. The first-order valence-corrected chi connectivity index (χ1v) is 11.2. The molecule has 1 amide bonds. The van der Waals surface area contributed by atoms with Gasteiger partial charge in [-0.25, -0.2) is 9.37 Å². The first kappa shape index (κ1) is 22.0. The molecule has 0 aliphatic carbocycles. The van der Waals surface area contributed by atoms with Crippen molar-refractivity contribution in [1.29, 1.82) is 0 Å². The van der Waals surface area contributed by atoms with Gasteiger partial charge in [0.1, 0.15) is 18.2 Å². The number of nitrogens with zero attached hydrogens (tertiary/aromatic N) is 2. The molecule has 4 rings (SSSR count). The minimum absolute atomic E-state index is 0.340. The fraction of sp³-hybridized carbons (Fsp3) is 0.250. The van der Waals surface area contributed by atoms with Crippen LogP contribution in [0.5, 0.6) is 5.75 Å².